The van der Waals surface area contributed by atoms with Crippen LogP contribution in [0.3, 0.4) is 0 Å². The van der Waals surface area contributed by atoms with E-state index in [2.05, 4.69) is 15.6 Å². The molecular formula is C14H21ClIN3O3S. The maximum Gasteiger partial charge on any atom is 0.191 e. The normalized spacial score (nSPS) is 19.7. The van der Waals surface area contributed by atoms with Gasteiger partial charge in [-0.2, -0.15) is 0 Å². The van der Waals surface area contributed by atoms with E-state index in [1.807, 2.05) is 12.1 Å². The maximum atomic E-state index is 11.4. The van der Waals surface area contributed by atoms with Crippen LogP contribution in [0.1, 0.15) is 6.42 Å². The molecule has 2 rings (SSSR count). The van der Waals surface area contributed by atoms with Crippen molar-refractivity contribution in [2.45, 2.75) is 12.5 Å². The highest BCUT2D eigenvalue weighted by Crippen LogP contribution is 2.16. The molecule has 0 spiro atoms. The van der Waals surface area contributed by atoms with E-state index in [0.717, 1.165) is 0 Å². The topological polar surface area (TPSA) is 79.8 Å². The van der Waals surface area contributed by atoms with Crippen molar-refractivity contribution in [1.29, 1.82) is 0 Å². The van der Waals surface area contributed by atoms with Crippen LogP contribution in [0, 0.1) is 0 Å². The second-order valence-corrected chi connectivity index (χ2v) is 7.71. The highest BCUT2D eigenvalue weighted by Gasteiger charge is 2.28. The number of rotatable bonds is 5. The Morgan fingerprint density at radius 3 is 2.87 bits per heavy atom. The predicted octanol–water partition coefficient (Wildman–Crippen LogP) is 1.69. The van der Waals surface area contributed by atoms with Gasteiger partial charge in [0.2, 0.25) is 0 Å². The van der Waals surface area contributed by atoms with Gasteiger partial charge < -0.3 is 15.4 Å². The third-order valence-electron chi connectivity index (χ3n) is 3.26. The second-order valence-electron chi connectivity index (χ2n) is 5.05. The lowest BCUT2D eigenvalue weighted by Gasteiger charge is -2.16. The Labute approximate surface area is 159 Å². The first-order valence-corrected chi connectivity index (χ1v) is 9.24. The number of aliphatic imine (C=N–C) groups is 1. The number of benzene rings is 1. The van der Waals surface area contributed by atoms with Gasteiger partial charge >= 0.3 is 0 Å². The summed E-state index contributed by atoms with van der Waals surface area (Å²) >= 11 is 5.87. The molecule has 130 valence electrons. The molecule has 1 aliphatic rings. The van der Waals surface area contributed by atoms with E-state index in [0.29, 0.717) is 36.3 Å². The summed E-state index contributed by atoms with van der Waals surface area (Å²) in [4.78, 5) is 4.08. The number of halogens is 2. The van der Waals surface area contributed by atoms with E-state index in [4.69, 9.17) is 16.3 Å². The molecule has 0 aromatic heterocycles. The summed E-state index contributed by atoms with van der Waals surface area (Å²) < 4.78 is 28.4. The highest BCUT2D eigenvalue weighted by molar-refractivity contribution is 14.0. The molecule has 1 heterocycles. The molecule has 6 nitrogen and oxygen atoms in total. The van der Waals surface area contributed by atoms with Crippen molar-refractivity contribution < 1.29 is 13.2 Å². The largest absolute Gasteiger partial charge is 0.492 e. The standard InChI is InChI=1S/C14H20ClN3O3S.HI/c1-16-14(18-12-5-8-22(19,20)10-12)17-6-7-21-13-4-2-3-11(15)9-13;/h2-4,9,12H,5-8,10H2,1H3,(H2,16,17,18);1H. The van der Waals surface area contributed by atoms with E-state index in [-0.39, 0.29) is 41.5 Å². The molecule has 23 heavy (non-hydrogen) atoms. The molecule has 1 unspecified atom stereocenters. The first-order chi connectivity index (χ1) is 10.5. The Kier molecular flexibility index (Phi) is 8.41. The van der Waals surface area contributed by atoms with Gasteiger partial charge in [-0.25, -0.2) is 8.42 Å². The minimum Gasteiger partial charge on any atom is -0.492 e. The van der Waals surface area contributed by atoms with Crippen LogP contribution >= 0.6 is 35.6 Å². The van der Waals surface area contributed by atoms with Crippen molar-refractivity contribution >= 4 is 51.4 Å². The van der Waals surface area contributed by atoms with Crippen LogP contribution in [-0.2, 0) is 9.84 Å². The summed E-state index contributed by atoms with van der Waals surface area (Å²) in [7, 11) is -1.25. The van der Waals surface area contributed by atoms with Gasteiger partial charge in [0.05, 0.1) is 18.1 Å². The fraction of sp³-hybridized carbons (Fsp3) is 0.500. The number of ether oxygens (including phenoxy) is 1. The number of nitrogens with zero attached hydrogens (tertiary/aromatic N) is 1. The van der Waals surface area contributed by atoms with E-state index < -0.39 is 9.84 Å². The monoisotopic (exact) mass is 473 g/mol. The first-order valence-electron chi connectivity index (χ1n) is 7.04. The Balaban J connectivity index is 0.00000264. The molecule has 0 amide bonds. The van der Waals surface area contributed by atoms with Crippen LogP contribution in [0.25, 0.3) is 0 Å². The molecule has 1 aliphatic heterocycles. The Hall–Kier alpha value is -0.740. The molecule has 1 atom stereocenters. The van der Waals surface area contributed by atoms with Crippen LogP contribution in [0.4, 0.5) is 0 Å². The summed E-state index contributed by atoms with van der Waals surface area (Å²) in [6.45, 7) is 0.996. The lowest BCUT2D eigenvalue weighted by atomic mass is 10.3. The molecule has 0 aliphatic carbocycles. The first kappa shape index (κ1) is 20.3. The van der Waals surface area contributed by atoms with Gasteiger partial charge in [0.1, 0.15) is 12.4 Å². The Bertz CT molecular complexity index is 640. The van der Waals surface area contributed by atoms with Crippen LogP contribution in [0.15, 0.2) is 29.3 Å². The minimum absolute atomic E-state index is 0. The van der Waals surface area contributed by atoms with E-state index in [1.165, 1.54) is 0 Å². The molecule has 1 aromatic carbocycles. The van der Waals surface area contributed by atoms with Gasteiger partial charge in [-0.1, -0.05) is 17.7 Å². The summed E-state index contributed by atoms with van der Waals surface area (Å²) in [6, 6.07) is 7.12. The predicted molar refractivity (Wildman–Crippen MR) is 104 cm³/mol. The van der Waals surface area contributed by atoms with Crippen molar-refractivity contribution in [3.63, 3.8) is 0 Å². The smallest absolute Gasteiger partial charge is 0.191 e. The van der Waals surface area contributed by atoms with Crippen molar-refractivity contribution in [3.8, 4) is 5.75 Å². The van der Waals surface area contributed by atoms with Gasteiger partial charge in [0.25, 0.3) is 0 Å². The SMILES string of the molecule is CN=C(NCCOc1cccc(Cl)c1)NC1CCS(=O)(=O)C1.I. The summed E-state index contributed by atoms with van der Waals surface area (Å²) in [5.41, 5.74) is 0. The van der Waals surface area contributed by atoms with E-state index in [1.54, 1.807) is 19.2 Å². The van der Waals surface area contributed by atoms with Crippen LogP contribution in [0.5, 0.6) is 5.75 Å². The van der Waals surface area contributed by atoms with E-state index in [9.17, 15) is 8.42 Å². The van der Waals surface area contributed by atoms with Gasteiger partial charge in [0, 0.05) is 18.1 Å². The fourth-order valence-corrected chi connectivity index (χ4v) is 4.05. The number of nitrogens with one attached hydrogen (secondary N) is 2. The van der Waals surface area contributed by atoms with Crippen molar-refractivity contribution in [1.82, 2.24) is 10.6 Å². The van der Waals surface area contributed by atoms with Crippen LogP contribution in [-0.4, -0.2) is 52.1 Å². The molecule has 1 saturated heterocycles. The fourth-order valence-electron chi connectivity index (χ4n) is 2.19. The molecule has 0 saturated carbocycles. The van der Waals surface area contributed by atoms with E-state index >= 15 is 0 Å². The molecule has 2 N–H and O–H groups in total. The van der Waals surface area contributed by atoms with Crippen molar-refractivity contribution in [2.75, 3.05) is 31.7 Å². The zero-order valence-corrected chi connectivity index (χ0v) is 16.7. The van der Waals surface area contributed by atoms with Gasteiger partial charge in [-0.05, 0) is 24.6 Å². The Morgan fingerprint density at radius 1 is 1.48 bits per heavy atom. The molecule has 0 bridgehead atoms. The number of guanidine groups is 1. The zero-order chi connectivity index (χ0) is 16.0. The maximum absolute atomic E-state index is 11.4. The van der Waals surface area contributed by atoms with Crippen LogP contribution < -0.4 is 15.4 Å². The van der Waals surface area contributed by atoms with Gasteiger partial charge in [-0.3, -0.25) is 4.99 Å². The minimum atomic E-state index is -2.90. The lowest BCUT2D eigenvalue weighted by Crippen LogP contribution is -2.45. The highest BCUT2D eigenvalue weighted by atomic mass is 127. The molecule has 1 fully saturated rings. The van der Waals surface area contributed by atoms with Crippen LogP contribution in [0.2, 0.25) is 5.02 Å². The molecular weight excluding hydrogens is 453 g/mol. The third-order valence-corrected chi connectivity index (χ3v) is 5.26. The number of hydrogen-bond acceptors (Lipinski definition) is 4. The average Bonchev–Trinajstić information content (AvgIpc) is 2.81. The third kappa shape index (κ3) is 7.13. The summed E-state index contributed by atoms with van der Waals surface area (Å²) in [6.07, 6.45) is 0.613. The van der Waals surface area contributed by atoms with Crippen molar-refractivity contribution in [3.05, 3.63) is 29.3 Å². The lowest BCUT2D eigenvalue weighted by molar-refractivity contribution is 0.321. The average molecular weight is 474 g/mol. The van der Waals surface area contributed by atoms with Gasteiger partial charge in [0.15, 0.2) is 15.8 Å². The van der Waals surface area contributed by atoms with Gasteiger partial charge in [-0.15, -0.1) is 24.0 Å². The summed E-state index contributed by atoms with van der Waals surface area (Å²) in [5.74, 6) is 1.68. The molecule has 1 aromatic rings. The summed E-state index contributed by atoms with van der Waals surface area (Å²) in [5, 5.41) is 6.84. The zero-order valence-electron chi connectivity index (χ0n) is 12.8. The Morgan fingerprint density at radius 2 is 2.26 bits per heavy atom. The van der Waals surface area contributed by atoms with Crippen molar-refractivity contribution in [2.24, 2.45) is 4.99 Å². The molecule has 9 heteroatoms. The quantitative estimate of drug-likeness (QED) is 0.294. The number of hydrogen-bond donors (Lipinski definition) is 2. The second kappa shape index (κ2) is 9.53. The molecule has 0 radical (unpaired) electrons. The number of sulfone groups is 1.